The fourth-order valence-electron chi connectivity index (χ4n) is 8.39. The lowest BCUT2D eigenvalue weighted by Crippen LogP contribution is -2.32. The molecule has 0 saturated heterocycles. The van der Waals surface area contributed by atoms with Crippen molar-refractivity contribution in [3.63, 3.8) is 0 Å². The van der Waals surface area contributed by atoms with E-state index in [0.29, 0.717) is 17.5 Å². The van der Waals surface area contributed by atoms with Gasteiger partial charge in [-0.3, -0.25) is 0 Å². The molecule has 1 aliphatic heterocycles. The molecular weight excluding hydrogens is 667 g/mol. The van der Waals surface area contributed by atoms with E-state index < -0.39 is 5.41 Å². The van der Waals surface area contributed by atoms with Crippen LogP contribution in [0.2, 0.25) is 0 Å². The molecule has 248 valence electrons. The van der Waals surface area contributed by atoms with E-state index in [1.807, 2.05) is 42.1 Å². The smallest absolute Gasteiger partial charge is 0.164 e. The van der Waals surface area contributed by atoms with Gasteiger partial charge in [0.1, 0.15) is 5.58 Å². The summed E-state index contributed by atoms with van der Waals surface area (Å²) in [6.07, 6.45) is 1.79. The summed E-state index contributed by atoms with van der Waals surface area (Å²) in [5.74, 6) is 1.92. The molecule has 2 aromatic heterocycles. The van der Waals surface area contributed by atoms with Crippen LogP contribution in [0.25, 0.3) is 67.4 Å². The molecule has 2 aliphatic rings. The lowest BCUT2D eigenvalue weighted by molar-refractivity contribution is 0.614. The Kier molecular flexibility index (Phi) is 6.67. The van der Waals surface area contributed by atoms with Crippen LogP contribution in [0.3, 0.4) is 0 Å². The van der Waals surface area contributed by atoms with E-state index in [9.17, 15) is 0 Å². The molecule has 0 amide bonds. The van der Waals surface area contributed by atoms with Crippen LogP contribution >= 0.6 is 11.8 Å². The summed E-state index contributed by atoms with van der Waals surface area (Å²) in [7, 11) is 0. The molecule has 0 bridgehead atoms. The SMILES string of the molecule is c1ccc(-c2nc(-c3ccc4c(c3)Sc3ccccc3C43c4ccccc4-c4cc5ccoc5cc43)nc(-c3ccccc3-c3ccccc3)n2)cc1. The van der Waals surface area contributed by atoms with E-state index in [-0.39, 0.29) is 0 Å². The van der Waals surface area contributed by atoms with Gasteiger partial charge in [-0.15, -0.1) is 0 Å². The summed E-state index contributed by atoms with van der Waals surface area (Å²) >= 11 is 1.81. The monoisotopic (exact) mass is 695 g/mol. The van der Waals surface area contributed by atoms with Gasteiger partial charge in [-0.2, -0.15) is 0 Å². The van der Waals surface area contributed by atoms with Crippen molar-refractivity contribution < 1.29 is 4.42 Å². The van der Waals surface area contributed by atoms with Gasteiger partial charge in [-0.05, 0) is 74.8 Å². The maximum Gasteiger partial charge on any atom is 0.164 e. The second-order valence-electron chi connectivity index (χ2n) is 13.5. The lowest BCUT2D eigenvalue weighted by Gasteiger charge is -2.39. The van der Waals surface area contributed by atoms with E-state index in [1.54, 1.807) is 6.26 Å². The summed E-state index contributed by atoms with van der Waals surface area (Å²) in [5, 5.41) is 1.11. The summed E-state index contributed by atoms with van der Waals surface area (Å²) in [5.41, 5.74) is 13.0. The molecule has 0 radical (unpaired) electrons. The number of hydrogen-bond donors (Lipinski definition) is 0. The molecule has 1 spiro atoms. The molecule has 11 rings (SSSR count). The minimum atomic E-state index is -0.517. The van der Waals surface area contributed by atoms with Gasteiger partial charge >= 0.3 is 0 Å². The third-order valence-electron chi connectivity index (χ3n) is 10.7. The fourth-order valence-corrected chi connectivity index (χ4v) is 9.62. The molecule has 1 aliphatic carbocycles. The van der Waals surface area contributed by atoms with Crippen molar-refractivity contribution in [1.29, 1.82) is 0 Å². The Morgan fingerprint density at radius 3 is 1.83 bits per heavy atom. The van der Waals surface area contributed by atoms with Crippen molar-refractivity contribution in [2.45, 2.75) is 15.2 Å². The predicted molar refractivity (Wildman–Crippen MR) is 213 cm³/mol. The Bertz CT molecular complexity index is 2880. The average Bonchev–Trinajstić information content (AvgIpc) is 3.81. The molecule has 53 heavy (non-hydrogen) atoms. The van der Waals surface area contributed by atoms with Crippen molar-refractivity contribution in [3.05, 3.63) is 198 Å². The Morgan fingerprint density at radius 2 is 1.02 bits per heavy atom. The van der Waals surface area contributed by atoms with Crippen LogP contribution in [0.5, 0.6) is 0 Å². The quantitative estimate of drug-likeness (QED) is 0.183. The molecule has 0 saturated carbocycles. The second kappa shape index (κ2) is 11.7. The molecule has 0 N–H and O–H groups in total. The second-order valence-corrected chi connectivity index (χ2v) is 14.6. The highest BCUT2D eigenvalue weighted by atomic mass is 32.2. The third-order valence-corrected chi connectivity index (χ3v) is 11.8. The van der Waals surface area contributed by atoms with Crippen LogP contribution in [0, 0.1) is 0 Å². The summed E-state index contributed by atoms with van der Waals surface area (Å²) in [6.45, 7) is 0. The van der Waals surface area contributed by atoms with Gasteiger partial charge in [-0.25, -0.2) is 15.0 Å². The Hall–Kier alpha value is -6.56. The van der Waals surface area contributed by atoms with Crippen molar-refractivity contribution >= 4 is 22.7 Å². The first-order valence-corrected chi connectivity index (χ1v) is 18.6. The summed E-state index contributed by atoms with van der Waals surface area (Å²) in [6, 6.07) is 60.1. The predicted octanol–water partition coefficient (Wildman–Crippen LogP) is 12.1. The minimum Gasteiger partial charge on any atom is -0.464 e. The maximum absolute atomic E-state index is 6.03. The van der Waals surface area contributed by atoms with E-state index in [0.717, 1.165) is 38.8 Å². The van der Waals surface area contributed by atoms with Gasteiger partial charge in [0.05, 0.1) is 11.7 Å². The molecule has 3 heterocycles. The highest BCUT2D eigenvalue weighted by Crippen LogP contribution is 2.62. The molecule has 5 heteroatoms. The fraction of sp³-hybridized carbons (Fsp3) is 0.0208. The molecule has 1 atom stereocenters. The number of fused-ring (bicyclic) bond motifs is 10. The summed E-state index contributed by atoms with van der Waals surface area (Å²) < 4.78 is 6.03. The zero-order valence-corrected chi connectivity index (χ0v) is 29.2. The average molecular weight is 696 g/mol. The number of rotatable bonds is 4. The summed E-state index contributed by atoms with van der Waals surface area (Å²) in [4.78, 5) is 17.9. The van der Waals surface area contributed by atoms with Gasteiger partial charge in [0.15, 0.2) is 17.5 Å². The first-order chi connectivity index (χ1) is 26.3. The molecule has 7 aromatic carbocycles. The highest BCUT2D eigenvalue weighted by molar-refractivity contribution is 7.99. The molecule has 0 fully saturated rings. The van der Waals surface area contributed by atoms with Crippen molar-refractivity contribution in [2.24, 2.45) is 0 Å². The Morgan fingerprint density at radius 1 is 0.396 bits per heavy atom. The van der Waals surface area contributed by atoms with Crippen LogP contribution in [-0.4, -0.2) is 15.0 Å². The van der Waals surface area contributed by atoms with Gasteiger partial charge in [0, 0.05) is 31.9 Å². The van der Waals surface area contributed by atoms with E-state index >= 15 is 0 Å². The topological polar surface area (TPSA) is 51.8 Å². The van der Waals surface area contributed by atoms with Crippen LogP contribution in [-0.2, 0) is 5.41 Å². The number of benzene rings is 7. The standard InChI is InChI=1S/C48H29N3OS/c1-3-13-30(14-4-1)34-17-7-8-19-36(34)47-50-45(31-15-5-2-6-16-31)49-46(51-47)33-23-24-40-44(28-33)53-43-22-12-11-21-39(43)48(40)38-20-10-9-18-35(38)37-27-32-25-26-52-42(32)29-41(37)48/h1-29H. The van der Waals surface area contributed by atoms with Crippen LogP contribution in [0.4, 0.5) is 0 Å². The largest absolute Gasteiger partial charge is 0.464 e. The molecular formula is C48H29N3OS. The minimum absolute atomic E-state index is 0.517. The number of hydrogen-bond acceptors (Lipinski definition) is 5. The zero-order valence-electron chi connectivity index (χ0n) is 28.4. The third kappa shape index (κ3) is 4.54. The van der Waals surface area contributed by atoms with E-state index in [1.165, 1.54) is 43.2 Å². The lowest BCUT2D eigenvalue weighted by atomic mass is 9.67. The van der Waals surface area contributed by atoms with Gasteiger partial charge in [-0.1, -0.05) is 151 Å². The molecule has 1 unspecified atom stereocenters. The van der Waals surface area contributed by atoms with Crippen LogP contribution < -0.4 is 0 Å². The molecule has 9 aromatic rings. The number of furan rings is 1. The highest BCUT2D eigenvalue weighted by Gasteiger charge is 2.50. The van der Waals surface area contributed by atoms with E-state index in [4.69, 9.17) is 19.4 Å². The van der Waals surface area contributed by atoms with Crippen molar-refractivity contribution in [2.75, 3.05) is 0 Å². The first kappa shape index (κ1) is 30.1. The first-order valence-electron chi connectivity index (χ1n) is 17.8. The van der Waals surface area contributed by atoms with Crippen molar-refractivity contribution in [1.82, 2.24) is 15.0 Å². The zero-order chi connectivity index (χ0) is 34.9. The number of aromatic nitrogens is 3. The Labute approximate surface area is 310 Å². The van der Waals surface area contributed by atoms with Gasteiger partial charge in [0.25, 0.3) is 0 Å². The maximum atomic E-state index is 6.03. The van der Waals surface area contributed by atoms with Gasteiger partial charge < -0.3 is 4.42 Å². The number of nitrogens with zero attached hydrogens (tertiary/aromatic N) is 3. The van der Waals surface area contributed by atoms with Gasteiger partial charge in [0.2, 0.25) is 0 Å². The van der Waals surface area contributed by atoms with Crippen LogP contribution in [0.1, 0.15) is 22.3 Å². The van der Waals surface area contributed by atoms with Crippen LogP contribution in [0.15, 0.2) is 190 Å². The van der Waals surface area contributed by atoms with E-state index in [2.05, 4.69) is 140 Å². The normalized spacial score (nSPS) is 15.2. The van der Waals surface area contributed by atoms with Crippen molar-refractivity contribution in [3.8, 4) is 56.4 Å². The Balaban J connectivity index is 1.14. The molecule has 4 nitrogen and oxygen atoms in total.